The largest absolute Gasteiger partial charge is 0.481 e. The molecule has 0 heterocycles. The molecule has 0 spiro atoms. The van der Waals surface area contributed by atoms with Gasteiger partial charge in [-0.05, 0) is 39.5 Å². The van der Waals surface area contributed by atoms with Gasteiger partial charge in [0.2, 0.25) is 0 Å². The van der Waals surface area contributed by atoms with E-state index >= 15 is 0 Å². The quantitative estimate of drug-likeness (QED) is 0.743. The van der Waals surface area contributed by atoms with Crippen molar-refractivity contribution in [1.29, 1.82) is 0 Å². The van der Waals surface area contributed by atoms with Crippen LogP contribution in [-0.2, 0) is 19.1 Å². The second-order valence-electron chi connectivity index (χ2n) is 4.66. The fraction of sp³-hybridized carbons (Fsp3) is 0.833. The summed E-state index contributed by atoms with van der Waals surface area (Å²) in [6, 6.07) is 0. The van der Waals surface area contributed by atoms with Gasteiger partial charge in [0.25, 0.3) is 0 Å². The minimum Gasteiger partial charge on any atom is -0.481 e. The average Bonchev–Trinajstić information content (AvgIpc) is 2.26. The molecule has 0 bridgehead atoms. The van der Waals surface area contributed by atoms with Crippen LogP contribution in [0, 0.1) is 5.92 Å². The van der Waals surface area contributed by atoms with E-state index < -0.39 is 5.97 Å². The van der Waals surface area contributed by atoms with E-state index in [1.165, 1.54) is 0 Å². The number of esters is 1. The van der Waals surface area contributed by atoms with Gasteiger partial charge in [0.05, 0.1) is 18.1 Å². The molecule has 1 aliphatic rings. The third kappa shape index (κ3) is 5.17. The minimum absolute atomic E-state index is 0.00897. The number of rotatable bonds is 5. The van der Waals surface area contributed by atoms with Gasteiger partial charge in [0, 0.05) is 0 Å². The van der Waals surface area contributed by atoms with Crippen LogP contribution < -0.4 is 0 Å². The smallest absolute Gasteiger partial charge is 0.332 e. The monoisotopic (exact) mass is 244 g/mol. The normalized spacial score (nSPS) is 24.6. The predicted octanol–water partition coefficient (Wildman–Crippen LogP) is 1.60. The first-order valence-electron chi connectivity index (χ1n) is 6.03. The van der Waals surface area contributed by atoms with Crippen molar-refractivity contribution in [2.45, 2.75) is 51.7 Å². The first kappa shape index (κ1) is 14.0. The lowest BCUT2D eigenvalue weighted by Crippen LogP contribution is -2.28. The molecule has 1 fully saturated rings. The maximum atomic E-state index is 11.2. The molecule has 1 N–H and O–H groups in total. The molecule has 1 aliphatic carbocycles. The summed E-state index contributed by atoms with van der Waals surface area (Å²) in [5.41, 5.74) is 0. The Morgan fingerprint density at radius 3 is 2.29 bits per heavy atom. The zero-order valence-corrected chi connectivity index (χ0v) is 10.3. The number of carboxylic acids is 1. The van der Waals surface area contributed by atoms with Crippen molar-refractivity contribution in [1.82, 2.24) is 0 Å². The number of ether oxygens (including phenoxy) is 2. The van der Waals surface area contributed by atoms with E-state index in [4.69, 9.17) is 14.6 Å². The fourth-order valence-corrected chi connectivity index (χ4v) is 1.96. The zero-order valence-electron chi connectivity index (χ0n) is 10.3. The second kappa shape index (κ2) is 6.59. The van der Waals surface area contributed by atoms with Crippen LogP contribution in [0.1, 0.15) is 39.5 Å². The van der Waals surface area contributed by atoms with Gasteiger partial charge >= 0.3 is 11.9 Å². The lowest BCUT2D eigenvalue weighted by molar-refractivity contribution is -0.156. The number of carbonyl (C=O) groups is 2. The van der Waals surface area contributed by atoms with E-state index in [2.05, 4.69) is 0 Å². The number of carboxylic acid groups (broad SMARTS) is 1. The topological polar surface area (TPSA) is 72.8 Å². The van der Waals surface area contributed by atoms with Gasteiger partial charge in [-0.15, -0.1) is 0 Å². The van der Waals surface area contributed by atoms with Crippen molar-refractivity contribution in [3.63, 3.8) is 0 Å². The summed E-state index contributed by atoms with van der Waals surface area (Å²) in [5, 5.41) is 8.83. The molecular formula is C12H20O5. The molecule has 0 aromatic rings. The molecule has 0 aromatic carbocycles. The van der Waals surface area contributed by atoms with Gasteiger partial charge in [-0.2, -0.15) is 0 Å². The molecule has 1 saturated carbocycles. The van der Waals surface area contributed by atoms with Gasteiger partial charge in [-0.1, -0.05) is 0 Å². The Kier molecular flexibility index (Phi) is 5.41. The van der Waals surface area contributed by atoms with E-state index in [1.54, 1.807) is 13.8 Å². The summed E-state index contributed by atoms with van der Waals surface area (Å²) in [5.74, 6) is -1.35. The first-order chi connectivity index (χ1) is 7.99. The van der Waals surface area contributed by atoms with Crippen LogP contribution in [-0.4, -0.2) is 35.9 Å². The van der Waals surface area contributed by atoms with E-state index in [9.17, 15) is 9.59 Å². The summed E-state index contributed by atoms with van der Waals surface area (Å²) in [4.78, 5) is 22.0. The maximum Gasteiger partial charge on any atom is 0.332 e. The summed E-state index contributed by atoms with van der Waals surface area (Å²) in [7, 11) is 0. The summed E-state index contributed by atoms with van der Waals surface area (Å²) < 4.78 is 10.3. The summed E-state index contributed by atoms with van der Waals surface area (Å²) in [6.45, 7) is 3.53. The van der Waals surface area contributed by atoms with Crippen LogP contribution in [0.3, 0.4) is 0 Å². The number of hydrogen-bond donors (Lipinski definition) is 1. The number of aliphatic carboxylic acids is 1. The Morgan fingerprint density at radius 2 is 1.82 bits per heavy atom. The summed E-state index contributed by atoms with van der Waals surface area (Å²) in [6.07, 6.45) is 2.51. The number of carbonyl (C=O) groups excluding carboxylic acids is 1. The van der Waals surface area contributed by atoms with Crippen LogP contribution in [0.5, 0.6) is 0 Å². The highest BCUT2D eigenvalue weighted by Gasteiger charge is 2.26. The van der Waals surface area contributed by atoms with Crippen molar-refractivity contribution < 1.29 is 24.2 Å². The van der Waals surface area contributed by atoms with Crippen LogP contribution in [0.25, 0.3) is 0 Å². The van der Waals surface area contributed by atoms with Crippen LogP contribution in [0.2, 0.25) is 0 Å². The van der Waals surface area contributed by atoms with Crippen molar-refractivity contribution in [3.8, 4) is 0 Å². The van der Waals surface area contributed by atoms with Gasteiger partial charge in [0.15, 0.2) is 0 Å². The SMILES string of the molecule is CC(C)OC(=O)COC1CCC(C(=O)O)CC1. The molecule has 0 radical (unpaired) electrons. The molecule has 0 aliphatic heterocycles. The highest BCUT2D eigenvalue weighted by atomic mass is 16.6. The second-order valence-corrected chi connectivity index (χ2v) is 4.66. The number of hydrogen-bond acceptors (Lipinski definition) is 4. The molecule has 0 unspecified atom stereocenters. The molecule has 0 atom stereocenters. The highest BCUT2D eigenvalue weighted by molar-refractivity contribution is 5.71. The van der Waals surface area contributed by atoms with E-state index in [1.807, 2.05) is 0 Å². The molecule has 5 heteroatoms. The van der Waals surface area contributed by atoms with Crippen LogP contribution in [0.15, 0.2) is 0 Å². The molecule has 5 nitrogen and oxygen atoms in total. The molecule has 0 amide bonds. The van der Waals surface area contributed by atoms with Crippen molar-refractivity contribution >= 4 is 11.9 Å². The first-order valence-corrected chi connectivity index (χ1v) is 6.03. The predicted molar refractivity (Wildman–Crippen MR) is 60.6 cm³/mol. The van der Waals surface area contributed by atoms with E-state index in [0.29, 0.717) is 25.7 Å². The van der Waals surface area contributed by atoms with Crippen molar-refractivity contribution in [2.75, 3.05) is 6.61 Å². The molecule has 0 aromatic heterocycles. The van der Waals surface area contributed by atoms with Gasteiger partial charge in [-0.25, -0.2) is 4.79 Å². The third-order valence-corrected chi connectivity index (χ3v) is 2.83. The maximum absolute atomic E-state index is 11.2. The fourth-order valence-electron chi connectivity index (χ4n) is 1.96. The highest BCUT2D eigenvalue weighted by Crippen LogP contribution is 2.26. The average molecular weight is 244 g/mol. The Hall–Kier alpha value is -1.10. The third-order valence-electron chi connectivity index (χ3n) is 2.83. The van der Waals surface area contributed by atoms with Crippen LogP contribution in [0.4, 0.5) is 0 Å². The van der Waals surface area contributed by atoms with Crippen molar-refractivity contribution in [3.05, 3.63) is 0 Å². The lowest BCUT2D eigenvalue weighted by Gasteiger charge is -2.25. The van der Waals surface area contributed by atoms with Crippen LogP contribution >= 0.6 is 0 Å². The molecular weight excluding hydrogens is 224 g/mol. The Labute approximate surface area is 101 Å². The van der Waals surface area contributed by atoms with Gasteiger partial charge in [-0.3, -0.25) is 4.79 Å². The molecule has 1 rings (SSSR count). The van der Waals surface area contributed by atoms with E-state index in [0.717, 1.165) is 0 Å². The van der Waals surface area contributed by atoms with E-state index in [-0.39, 0.29) is 30.7 Å². The minimum atomic E-state index is -0.734. The Morgan fingerprint density at radius 1 is 1.24 bits per heavy atom. The summed E-state index contributed by atoms with van der Waals surface area (Å²) >= 11 is 0. The molecule has 17 heavy (non-hydrogen) atoms. The van der Waals surface area contributed by atoms with Crippen molar-refractivity contribution in [2.24, 2.45) is 5.92 Å². The molecule has 0 saturated heterocycles. The zero-order chi connectivity index (χ0) is 12.8. The van der Waals surface area contributed by atoms with Gasteiger partial charge < -0.3 is 14.6 Å². The lowest BCUT2D eigenvalue weighted by atomic mass is 9.87. The standard InChI is InChI=1S/C12H20O5/c1-8(2)17-11(13)7-16-10-5-3-9(4-6-10)12(14)15/h8-10H,3-7H2,1-2H3,(H,14,15). The molecule has 98 valence electrons. The Bertz CT molecular complexity index is 266. The Balaban J connectivity index is 2.18. The van der Waals surface area contributed by atoms with Gasteiger partial charge in [0.1, 0.15) is 6.61 Å².